The second-order valence-electron chi connectivity index (χ2n) is 8.24. The minimum absolute atomic E-state index is 0.0947. The lowest BCUT2D eigenvalue weighted by Crippen LogP contribution is -2.17. The Morgan fingerprint density at radius 1 is 0.943 bits per heavy atom. The molecule has 176 valence electrons. The molecule has 0 saturated heterocycles. The molecular weight excluding hydrogens is 464 g/mol. The van der Waals surface area contributed by atoms with Crippen molar-refractivity contribution >= 4 is 10.9 Å². The van der Waals surface area contributed by atoms with Crippen molar-refractivity contribution in [2.75, 3.05) is 0 Å². The van der Waals surface area contributed by atoms with Crippen molar-refractivity contribution < 1.29 is 26.8 Å². The molecule has 0 bridgehead atoms. The molecule has 5 aromatic rings. The number of rotatable bonds is 4. The maximum atomic E-state index is 13.4. The summed E-state index contributed by atoms with van der Waals surface area (Å²) < 4.78 is 61.3. The van der Waals surface area contributed by atoms with E-state index in [2.05, 4.69) is 24.8 Å². The maximum absolute atomic E-state index is 13.4. The quantitative estimate of drug-likeness (QED) is 0.236. The lowest BCUT2D eigenvalue weighted by Gasteiger charge is -2.12. The van der Waals surface area contributed by atoms with E-state index in [4.69, 9.17) is 4.52 Å². The highest BCUT2D eigenvalue weighted by Crippen LogP contribution is 2.37. The summed E-state index contributed by atoms with van der Waals surface area (Å²) in [6, 6.07) is 12.1. The maximum Gasteiger partial charge on any atom is 0.573 e. The van der Waals surface area contributed by atoms with E-state index in [1.807, 2.05) is 18.2 Å². The van der Waals surface area contributed by atoms with Gasteiger partial charge in [0, 0.05) is 39.5 Å². The van der Waals surface area contributed by atoms with Gasteiger partial charge in [-0.3, -0.25) is 0 Å². The number of ether oxygens (including phenoxy) is 1. The van der Waals surface area contributed by atoms with Crippen molar-refractivity contribution in [2.24, 2.45) is 0 Å². The Labute approximate surface area is 195 Å². The SMILES string of the molecule is Fc1ccc(-c2cc(OC(F)(F)F)ccc2-c2nc(-c3ccc4[nH]c5c(c4c3)CCC5)no2)cn1. The molecule has 0 saturated carbocycles. The van der Waals surface area contributed by atoms with E-state index in [1.165, 1.54) is 35.7 Å². The fraction of sp³-hybridized carbons (Fsp3) is 0.160. The molecule has 3 heterocycles. The lowest BCUT2D eigenvalue weighted by molar-refractivity contribution is -0.274. The number of aromatic nitrogens is 4. The number of nitrogens with zero attached hydrogens (tertiary/aromatic N) is 3. The Morgan fingerprint density at radius 2 is 1.80 bits per heavy atom. The summed E-state index contributed by atoms with van der Waals surface area (Å²) >= 11 is 0. The standard InChI is InChI=1S/C25H16F4N4O2/c26-22-9-5-14(12-30-22)18-11-15(34-25(27,28)29)6-7-17(18)24-32-23(33-35-24)13-4-8-21-19(10-13)16-2-1-3-20(16)31-21/h4-12,31H,1-3H2. The number of hydrogen-bond acceptors (Lipinski definition) is 5. The third-order valence-corrected chi connectivity index (χ3v) is 6.03. The van der Waals surface area contributed by atoms with Crippen LogP contribution in [-0.4, -0.2) is 26.5 Å². The molecule has 1 N–H and O–H groups in total. The first kappa shape index (κ1) is 21.3. The van der Waals surface area contributed by atoms with Crippen molar-refractivity contribution in [3.8, 4) is 39.7 Å². The van der Waals surface area contributed by atoms with Gasteiger partial charge in [0.1, 0.15) is 5.75 Å². The largest absolute Gasteiger partial charge is 0.573 e. The summed E-state index contributed by atoms with van der Waals surface area (Å²) in [5.74, 6) is -0.720. The molecule has 0 radical (unpaired) electrons. The highest BCUT2D eigenvalue weighted by Gasteiger charge is 2.31. The number of alkyl halides is 3. The molecular formula is C25H16F4N4O2. The van der Waals surface area contributed by atoms with Gasteiger partial charge in [0.25, 0.3) is 5.89 Å². The summed E-state index contributed by atoms with van der Waals surface area (Å²) in [7, 11) is 0. The Kier molecular flexibility index (Phi) is 4.84. The summed E-state index contributed by atoms with van der Waals surface area (Å²) in [4.78, 5) is 11.5. The molecule has 3 aromatic heterocycles. The van der Waals surface area contributed by atoms with Crippen molar-refractivity contribution in [1.29, 1.82) is 0 Å². The molecule has 0 amide bonds. The predicted octanol–water partition coefficient (Wildman–Crippen LogP) is 6.47. The van der Waals surface area contributed by atoms with Crippen LogP contribution in [0.15, 0.2) is 59.3 Å². The van der Waals surface area contributed by atoms with Crippen LogP contribution < -0.4 is 4.74 Å². The van der Waals surface area contributed by atoms with Crippen LogP contribution in [0.2, 0.25) is 0 Å². The Hall–Kier alpha value is -4.21. The number of fused-ring (bicyclic) bond motifs is 3. The average molecular weight is 480 g/mol. The minimum Gasteiger partial charge on any atom is -0.406 e. The van der Waals surface area contributed by atoms with Gasteiger partial charge in [-0.15, -0.1) is 13.2 Å². The molecule has 6 rings (SSSR count). The van der Waals surface area contributed by atoms with Crippen LogP contribution in [0.3, 0.4) is 0 Å². The smallest absolute Gasteiger partial charge is 0.406 e. The van der Waals surface area contributed by atoms with Crippen molar-refractivity contribution in [2.45, 2.75) is 25.6 Å². The molecule has 0 unspecified atom stereocenters. The van der Waals surface area contributed by atoms with Crippen molar-refractivity contribution in [3.05, 3.63) is 71.9 Å². The van der Waals surface area contributed by atoms with Crippen molar-refractivity contribution in [3.63, 3.8) is 0 Å². The molecule has 35 heavy (non-hydrogen) atoms. The van der Waals surface area contributed by atoms with Crippen LogP contribution in [-0.2, 0) is 12.8 Å². The van der Waals surface area contributed by atoms with Crippen LogP contribution in [0.1, 0.15) is 17.7 Å². The lowest BCUT2D eigenvalue weighted by atomic mass is 10.0. The van der Waals surface area contributed by atoms with Crippen LogP contribution in [0.5, 0.6) is 5.75 Å². The van der Waals surface area contributed by atoms with Gasteiger partial charge >= 0.3 is 6.36 Å². The Balaban J connectivity index is 1.42. The molecule has 2 aromatic carbocycles. The number of hydrogen-bond donors (Lipinski definition) is 1. The van der Waals surface area contributed by atoms with E-state index < -0.39 is 18.1 Å². The zero-order valence-corrected chi connectivity index (χ0v) is 18.0. The first-order valence-corrected chi connectivity index (χ1v) is 10.8. The van der Waals surface area contributed by atoms with Gasteiger partial charge < -0.3 is 14.2 Å². The van der Waals surface area contributed by atoms with E-state index in [0.29, 0.717) is 17.0 Å². The summed E-state index contributed by atoms with van der Waals surface area (Å²) in [5.41, 5.74) is 5.35. The molecule has 0 fully saturated rings. The molecule has 0 spiro atoms. The van der Waals surface area contributed by atoms with Crippen molar-refractivity contribution in [1.82, 2.24) is 20.1 Å². The third-order valence-electron chi connectivity index (χ3n) is 6.03. The van der Waals surface area contributed by atoms with Crippen LogP contribution in [0.4, 0.5) is 17.6 Å². The number of aryl methyl sites for hydroxylation is 2. The third kappa shape index (κ3) is 4.01. The zero-order valence-electron chi connectivity index (χ0n) is 18.0. The van der Waals surface area contributed by atoms with E-state index >= 15 is 0 Å². The molecule has 6 nitrogen and oxygen atoms in total. The predicted molar refractivity (Wildman–Crippen MR) is 119 cm³/mol. The molecule has 1 aliphatic rings. The molecule has 1 aliphatic carbocycles. The van der Waals surface area contributed by atoms with Gasteiger partial charge in [-0.1, -0.05) is 5.16 Å². The number of nitrogens with one attached hydrogen (secondary N) is 1. The van der Waals surface area contributed by atoms with Crippen LogP contribution >= 0.6 is 0 Å². The van der Waals surface area contributed by atoms with Gasteiger partial charge in [-0.2, -0.15) is 9.37 Å². The number of halogens is 4. The van der Waals surface area contributed by atoms with E-state index in [1.54, 1.807) is 0 Å². The van der Waals surface area contributed by atoms with Gasteiger partial charge in [0.15, 0.2) is 0 Å². The normalized spacial score (nSPS) is 13.4. The van der Waals surface area contributed by atoms with Gasteiger partial charge in [0.2, 0.25) is 11.8 Å². The monoisotopic (exact) mass is 480 g/mol. The van der Waals surface area contributed by atoms with Crippen LogP contribution in [0, 0.1) is 5.95 Å². The number of aromatic amines is 1. The molecule has 0 atom stereocenters. The minimum atomic E-state index is -4.87. The first-order chi connectivity index (χ1) is 16.8. The van der Waals surface area contributed by atoms with Gasteiger partial charge in [-0.05, 0) is 78.9 Å². The number of benzene rings is 2. The summed E-state index contributed by atoms with van der Waals surface area (Å²) in [6.07, 6.45) is -0.501. The van der Waals surface area contributed by atoms with E-state index in [9.17, 15) is 17.6 Å². The highest BCUT2D eigenvalue weighted by molar-refractivity contribution is 5.89. The highest BCUT2D eigenvalue weighted by atomic mass is 19.4. The van der Waals surface area contributed by atoms with Crippen LogP contribution in [0.25, 0.3) is 44.9 Å². The second kappa shape index (κ2) is 7.93. The Morgan fingerprint density at radius 3 is 2.60 bits per heavy atom. The summed E-state index contributed by atoms with van der Waals surface area (Å²) in [5, 5.41) is 5.21. The molecule has 0 aliphatic heterocycles. The topological polar surface area (TPSA) is 76.8 Å². The average Bonchev–Trinajstić information content (AvgIpc) is 3.55. The first-order valence-electron chi connectivity index (χ1n) is 10.8. The van der Waals surface area contributed by atoms with Gasteiger partial charge in [-0.25, -0.2) is 4.98 Å². The summed E-state index contributed by atoms with van der Waals surface area (Å²) in [6.45, 7) is 0. The zero-order chi connectivity index (χ0) is 24.2. The Bertz CT molecular complexity index is 1550. The van der Waals surface area contributed by atoms with E-state index in [-0.39, 0.29) is 11.5 Å². The van der Waals surface area contributed by atoms with E-state index in [0.717, 1.165) is 47.9 Å². The fourth-order valence-corrected chi connectivity index (χ4v) is 4.51. The fourth-order valence-electron chi connectivity index (χ4n) is 4.51. The molecule has 10 heteroatoms. The second-order valence-corrected chi connectivity index (χ2v) is 8.24. The van der Waals surface area contributed by atoms with Gasteiger partial charge in [0.05, 0.1) is 0 Å². The number of pyridine rings is 1. The number of H-pyrrole nitrogens is 1.